The van der Waals surface area contributed by atoms with Crippen LogP contribution < -0.4 is 10.5 Å². The second-order valence-corrected chi connectivity index (χ2v) is 9.43. The number of hydrogen-bond acceptors (Lipinski definition) is 7. The van der Waals surface area contributed by atoms with Crippen molar-refractivity contribution in [3.05, 3.63) is 52.1 Å². The maximum atomic E-state index is 13.0. The van der Waals surface area contributed by atoms with E-state index in [0.717, 1.165) is 49.9 Å². The minimum Gasteiger partial charge on any atom is -0.338 e. The maximum absolute atomic E-state index is 13.0. The van der Waals surface area contributed by atoms with Crippen molar-refractivity contribution in [2.45, 2.75) is 44.7 Å². The van der Waals surface area contributed by atoms with E-state index in [1.54, 1.807) is 11.6 Å². The van der Waals surface area contributed by atoms with Crippen LogP contribution >= 0.6 is 11.3 Å². The van der Waals surface area contributed by atoms with Crippen LogP contribution in [-0.4, -0.2) is 50.9 Å². The first-order chi connectivity index (χ1) is 15.1. The molecule has 5 rings (SSSR count). The molecule has 0 bridgehead atoms. The fourth-order valence-corrected chi connectivity index (χ4v) is 5.42. The number of rotatable bonds is 7. The van der Waals surface area contributed by atoms with Crippen molar-refractivity contribution < 1.29 is 4.79 Å². The summed E-state index contributed by atoms with van der Waals surface area (Å²) in [6.45, 7) is 3.60. The number of likely N-dealkylation sites (tertiary alicyclic amines) is 1. The summed E-state index contributed by atoms with van der Waals surface area (Å²) in [6.07, 6.45) is 4.29. The van der Waals surface area contributed by atoms with Gasteiger partial charge in [0.2, 0.25) is 0 Å². The number of anilines is 1. The minimum absolute atomic E-state index is 0.103. The summed E-state index contributed by atoms with van der Waals surface area (Å²) < 4.78 is 1.62. The average molecular weight is 438 g/mol. The SMILES string of the molecule is Cn1c(CN2CCC2)nc2sc(N3CCC[C@@H]3C(=O)CCc3ccccc3)nc2c1=O. The van der Waals surface area contributed by atoms with Gasteiger partial charge in [0.1, 0.15) is 5.82 Å². The Morgan fingerprint density at radius 1 is 1.13 bits per heavy atom. The second kappa shape index (κ2) is 8.51. The molecule has 3 aromatic rings. The van der Waals surface area contributed by atoms with E-state index in [2.05, 4.69) is 26.9 Å². The van der Waals surface area contributed by atoms with Crippen LogP contribution in [0.25, 0.3) is 10.3 Å². The number of fused-ring (bicyclic) bond motifs is 1. The molecule has 1 atom stereocenters. The number of hydrogen-bond donors (Lipinski definition) is 0. The van der Waals surface area contributed by atoms with Crippen molar-refractivity contribution in [2.75, 3.05) is 24.5 Å². The van der Waals surface area contributed by atoms with Crippen LogP contribution in [0, 0.1) is 0 Å². The zero-order valence-corrected chi connectivity index (χ0v) is 18.6. The Kier molecular flexibility index (Phi) is 5.58. The van der Waals surface area contributed by atoms with Crippen molar-refractivity contribution in [1.29, 1.82) is 0 Å². The zero-order valence-electron chi connectivity index (χ0n) is 17.8. The van der Waals surface area contributed by atoms with Gasteiger partial charge in [0.05, 0.1) is 12.6 Å². The van der Waals surface area contributed by atoms with E-state index in [1.807, 2.05) is 18.2 Å². The van der Waals surface area contributed by atoms with Crippen LogP contribution in [0.3, 0.4) is 0 Å². The van der Waals surface area contributed by atoms with E-state index in [0.29, 0.717) is 23.3 Å². The van der Waals surface area contributed by atoms with E-state index in [1.165, 1.54) is 23.3 Å². The van der Waals surface area contributed by atoms with Crippen molar-refractivity contribution in [2.24, 2.45) is 7.05 Å². The molecule has 1 aromatic carbocycles. The summed E-state index contributed by atoms with van der Waals surface area (Å²) >= 11 is 1.44. The summed E-state index contributed by atoms with van der Waals surface area (Å²) in [5.74, 6) is 1.03. The molecule has 0 radical (unpaired) electrons. The lowest BCUT2D eigenvalue weighted by molar-refractivity contribution is -0.120. The minimum atomic E-state index is -0.159. The molecule has 2 saturated heterocycles. The number of carbonyl (C=O) groups excluding carboxylic acids is 1. The standard InChI is InChI=1S/C23H27N5O2S/c1-26-19(15-27-12-6-13-27)24-21-20(22(26)30)25-23(31-21)28-14-5-9-17(28)18(29)11-10-16-7-3-2-4-8-16/h2-4,7-8,17H,5-6,9-15H2,1H3/t17-/m1/s1. The van der Waals surface area contributed by atoms with E-state index < -0.39 is 0 Å². The van der Waals surface area contributed by atoms with Gasteiger partial charge in [-0.15, -0.1) is 0 Å². The fourth-order valence-electron chi connectivity index (χ4n) is 4.40. The van der Waals surface area contributed by atoms with Gasteiger partial charge in [-0.3, -0.25) is 19.1 Å². The predicted molar refractivity (Wildman–Crippen MR) is 123 cm³/mol. The predicted octanol–water partition coefficient (Wildman–Crippen LogP) is 2.77. The molecule has 2 aromatic heterocycles. The first-order valence-corrected chi connectivity index (χ1v) is 11.8. The van der Waals surface area contributed by atoms with Crippen molar-refractivity contribution in [3.8, 4) is 0 Å². The molecule has 162 valence electrons. The Balaban J connectivity index is 1.36. The first kappa shape index (κ1) is 20.3. The van der Waals surface area contributed by atoms with Gasteiger partial charge in [0.25, 0.3) is 5.56 Å². The molecule has 7 nitrogen and oxygen atoms in total. The molecule has 4 heterocycles. The molecule has 0 spiro atoms. The van der Waals surface area contributed by atoms with Gasteiger partial charge in [-0.1, -0.05) is 41.7 Å². The molecule has 31 heavy (non-hydrogen) atoms. The first-order valence-electron chi connectivity index (χ1n) is 11.0. The normalized spacial score (nSPS) is 19.1. The lowest BCUT2D eigenvalue weighted by atomic mass is 10.0. The Morgan fingerprint density at radius 2 is 1.94 bits per heavy atom. The van der Waals surface area contributed by atoms with Crippen molar-refractivity contribution in [1.82, 2.24) is 19.4 Å². The number of thiazole rings is 1. The summed E-state index contributed by atoms with van der Waals surface area (Å²) in [6, 6.07) is 9.97. The highest BCUT2D eigenvalue weighted by atomic mass is 32.1. The third-order valence-corrected chi connectivity index (χ3v) is 7.40. The number of Topliss-reactive ketones (excluding diaryl/α,β-unsaturated/α-hetero) is 1. The zero-order chi connectivity index (χ0) is 21.4. The second-order valence-electron chi connectivity index (χ2n) is 8.48. The van der Waals surface area contributed by atoms with E-state index in [9.17, 15) is 9.59 Å². The van der Waals surface area contributed by atoms with Gasteiger partial charge < -0.3 is 4.90 Å². The molecule has 0 aliphatic carbocycles. The molecule has 2 aliphatic heterocycles. The van der Waals surface area contributed by atoms with Gasteiger partial charge in [-0.05, 0) is 44.3 Å². The molecule has 8 heteroatoms. The van der Waals surface area contributed by atoms with Gasteiger partial charge >= 0.3 is 0 Å². The third-order valence-electron chi connectivity index (χ3n) is 6.41. The van der Waals surface area contributed by atoms with Gasteiger partial charge in [0, 0.05) is 20.0 Å². The van der Waals surface area contributed by atoms with Gasteiger partial charge in [-0.2, -0.15) is 0 Å². The third kappa shape index (κ3) is 4.02. The summed E-state index contributed by atoms with van der Waals surface area (Å²) in [5, 5.41) is 0.747. The van der Waals surface area contributed by atoms with Crippen LogP contribution in [0.1, 0.15) is 37.1 Å². The quantitative estimate of drug-likeness (QED) is 0.566. The smallest absolute Gasteiger partial charge is 0.280 e. The largest absolute Gasteiger partial charge is 0.338 e. The molecular formula is C23H27N5O2S. The number of carbonyl (C=O) groups is 1. The van der Waals surface area contributed by atoms with Crippen LogP contribution in [-0.2, 0) is 24.8 Å². The topological polar surface area (TPSA) is 71.3 Å². The van der Waals surface area contributed by atoms with Gasteiger partial charge in [0.15, 0.2) is 21.3 Å². The van der Waals surface area contributed by atoms with E-state index in [-0.39, 0.29) is 17.4 Å². The highest BCUT2D eigenvalue weighted by Gasteiger charge is 2.33. The maximum Gasteiger partial charge on any atom is 0.280 e. The lowest BCUT2D eigenvalue weighted by Gasteiger charge is -2.30. The van der Waals surface area contributed by atoms with Crippen LogP contribution in [0.5, 0.6) is 0 Å². The Morgan fingerprint density at radius 3 is 2.68 bits per heavy atom. The average Bonchev–Trinajstić information content (AvgIpc) is 3.40. The van der Waals surface area contributed by atoms with Crippen LogP contribution in [0.2, 0.25) is 0 Å². The Labute approximate surface area is 185 Å². The number of aryl methyl sites for hydroxylation is 1. The summed E-state index contributed by atoms with van der Waals surface area (Å²) in [4.78, 5) is 40.4. The van der Waals surface area contributed by atoms with E-state index in [4.69, 9.17) is 4.98 Å². The molecule has 0 amide bonds. The number of benzene rings is 1. The molecule has 0 saturated carbocycles. The monoisotopic (exact) mass is 437 g/mol. The fraction of sp³-hybridized carbons (Fsp3) is 0.478. The van der Waals surface area contributed by atoms with Gasteiger partial charge in [-0.25, -0.2) is 9.97 Å². The highest BCUT2D eigenvalue weighted by molar-refractivity contribution is 7.21. The molecule has 2 aliphatic rings. The highest BCUT2D eigenvalue weighted by Crippen LogP contribution is 2.32. The number of aromatic nitrogens is 3. The van der Waals surface area contributed by atoms with Crippen LogP contribution in [0.4, 0.5) is 5.13 Å². The van der Waals surface area contributed by atoms with E-state index >= 15 is 0 Å². The number of ketones is 1. The molecular weight excluding hydrogens is 410 g/mol. The van der Waals surface area contributed by atoms with Crippen molar-refractivity contribution >= 4 is 32.6 Å². The molecule has 0 unspecified atom stereocenters. The summed E-state index contributed by atoms with van der Waals surface area (Å²) in [5.41, 5.74) is 1.49. The van der Waals surface area contributed by atoms with Crippen molar-refractivity contribution in [3.63, 3.8) is 0 Å². The Hall–Kier alpha value is -2.58. The summed E-state index contributed by atoms with van der Waals surface area (Å²) in [7, 11) is 1.77. The lowest BCUT2D eigenvalue weighted by Crippen LogP contribution is -2.38. The molecule has 0 N–H and O–H groups in total. The Bertz CT molecular complexity index is 1150. The van der Waals surface area contributed by atoms with Crippen LogP contribution in [0.15, 0.2) is 35.1 Å². The molecule has 2 fully saturated rings. The number of nitrogens with zero attached hydrogens (tertiary/aromatic N) is 5.